The fourth-order valence-electron chi connectivity index (χ4n) is 1.66. The van der Waals surface area contributed by atoms with Crippen LogP contribution in [0.1, 0.15) is 33.1 Å². The molecule has 1 unspecified atom stereocenters. The highest BCUT2D eigenvalue weighted by Crippen LogP contribution is 2.05. The van der Waals surface area contributed by atoms with Gasteiger partial charge >= 0.3 is 0 Å². The van der Waals surface area contributed by atoms with Gasteiger partial charge in [-0.3, -0.25) is 0 Å². The highest BCUT2D eigenvalue weighted by atomic mass is 32.2. The Morgan fingerprint density at radius 1 is 1.40 bits per heavy atom. The van der Waals surface area contributed by atoms with Gasteiger partial charge in [-0.1, -0.05) is 6.42 Å². The number of nitrogens with one attached hydrogen (secondary N) is 3. The minimum Gasteiger partial charge on any atom is -0.313 e. The molecular formula is C9H21N3O2S. The van der Waals surface area contributed by atoms with E-state index in [1.807, 2.05) is 0 Å². The van der Waals surface area contributed by atoms with Gasteiger partial charge in [-0.05, 0) is 33.2 Å². The summed E-state index contributed by atoms with van der Waals surface area (Å²) in [5.41, 5.74) is 0. The van der Waals surface area contributed by atoms with Crippen LogP contribution in [-0.4, -0.2) is 33.6 Å². The lowest BCUT2D eigenvalue weighted by molar-refractivity contribution is 0.397. The topological polar surface area (TPSA) is 70.2 Å². The number of hydrogen-bond acceptors (Lipinski definition) is 3. The molecule has 3 N–H and O–H groups in total. The van der Waals surface area contributed by atoms with E-state index in [9.17, 15) is 8.42 Å². The fraction of sp³-hybridized carbons (Fsp3) is 1.00. The van der Waals surface area contributed by atoms with Crippen molar-refractivity contribution in [2.24, 2.45) is 0 Å². The number of piperidine rings is 1. The van der Waals surface area contributed by atoms with Crippen LogP contribution in [-0.2, 0) is 10.2 Å². The van der Waals surface area contributed by atoms with Crippen molar-refractivity contribution in [1.29, 1.82) is 0 Å². The molecule has 0 spiro atoms. The van der Waals surface area contributed by atoms with Crippen LogP contribution < -0.4 is 14.8 Å². The molecule has 0 aromatic rings. The van der Waals surface area contributed by atoms with E-state index in [0.717, 1.165) is 13.0 Å². The molecule has 0 aliphatic carbocycles. The van der Waals surface area contributed by atoms with E-state index in [4.69, 9.17) is 0 Å². The Morgan fingerprint density at radius 2 is 2.13 bits per heavy atom. The molecule has 6 heteroatoms. The predicted molar refractivity (Wildman–Crippen MR) is 60.8 cm³/mol. The van der Waals surface area contributed by atoms with Crippen molar-refractivity contribution in [1.82, 2.24) is 14.8 Å². The quantitative estimate of drug-likeness (QED) is 0.626. The lowest BCUT2D eigenvalue weighted by atomic mass is 10.1. The Balaban J connectivity index is 2.28. The van der Waals surface area contributed by atoms with Crippen LogP contribution in [0.5, 0.6) is 0 Å². The highest BCUT2D eigenvalue weighted by Gasteiger charge is 2.16. The third-order valence-corrected chi connectivity index (χ3v) is 3.65. The largest absolute Gasteiger partial charge is 0.313 e. The lowest BCUT2D eigenvalue weighted by Crippen LogP contribution is -2.47. The van der Waals surface area contributed by atoms with Crippen LogP contribution in [0.4, 0.5) is 0 Å². The molecule has 1 heterocycles. The zero-order valence-corrected chi connectivity index (χ0v) is 10.2. The summed E-state index contributed by atoms with van der Waals surface area (Å²) in [7, 11) is -3.32. The standard InChI is InChI=1S/C9H21N3O2S/c1-8(2)12-15(13,14)11-7-9-5-3-4-6-10-9/h8-12H,3-7H2,1-2H3. The van der Waals surface area contributed by atoms with Crippen molar-refractivity contribution in [3.63, 3.8) is 0 Å². The smallest absolute Gasteiger partial charge is 0.277 e. The molecule has 0 aromatic carbocycles. The van der Waals surface area contributed by atoms with Gasteiger partial charge in [0.1, 0.15) is 0 Å². The van der Waals surface area contributed by atoms with Crippen LogP contribution in [0.2, 0.25) is 0 Å². The molecule has 0 amide bonds. The van der Waals surface area contributed by atoms with Crippen LogP contribution >= 0.6 is 0 Å². The summed E-state index contributed by atoms with van der Waals surface area (Å²) in [6, 6.07) is 0.212. The average molecular weight is 235 g/mol. The van der Waals surface area contributed by atoms with Gasteiger partial charge in [-0.25, -0.2) is 4.72 Å². The maximum Gasteiger partial charge on any atom is 0.277 e. The van der Waals surface area contributed by atoms with E-state index in [0.29, 0.717) is 6.54 Å². The molecular weight excluding hydrogens is 214 g/mol. The van der Waals surface area contributed by atoms with Crippen molar-refractivity contribution in [3.8, 4) is 0 Å². The van der Waals surface area contributed by atoms with Gasteiger partial charge in [-0.2, -0.15) is 13.1 Å². The van der Waals surface area contributed by atoms with E-state index in [2.05, 4.69) is 14.8 Å². The summed E-state index contributed by atoms with van der Waals surface area (Å²) < 4.78 is 27.9. The lowest BCUT2D eigenvalue weighted by Gasteiger charge is -2.23. The second kappa shape index (κ2) is 5.79. The van der Waals surface area contributed by atoms with Crippen molar-refractivity contribution >= 4 is 10.2 Å². The fourth-order valence-corrected chi connectivity index (χ4v) is 2.79. The third kappa shape index (κ3) is 5.46. The van der Waals surface area contributed by atoms with E-state index >= 15 is 0 Å². The maximum atomic E-state index is 11.4. The van der Waals surface area contributed by atoms with Crippen molar-refractivity contribution in [3.05, 3.63) is 0 Å². The van der Waals surface area contributed by atoms with Gasteiger partial charge in [0, 0.05) is 18.6 Å². The molecule has 0 aromatic heterocycles. The normalized spacial score (nSPS) is 23.3. The SMILES string of the molecule is CC(C)NS(=O)(=O)NCC1CCCCN1. The Labute approximate surface area is 92.2 Å². The Morgan fingerprint density at radius 3 is 2.67 bits per heavy atom. The minimum atomic E-state index is -3.32. The monoisotopic (exact) mass is 235 g/mol. The number of rotatable bonds is 5. The third-order valence-electron chi connectivity index (χ3n) is 2.32. The molecule has 1 atom stereocenters. The summed E-state index contributed by atoms with van der Waals surface area (Å²) >= 11 is 0. The summed E-state index contributed by atoms with van der Waals surface area (Å²) in [6.45, 7) is 5.07. The van der Waals surface area contributed by atoms with Gasteiger partial charge in [0.15, 0.2) is 0 Å². The molecule has 1 fully saturated rings. The van der Waals surface area contributed by atoms with Crippen LogP contribution in [0.3, 0.4) is 0 Å². The van der Waals surface area contributed by atoms with Crippen LogP contribution in [0, 0.1) is 0 Å². The van der Waals surface area contributed by atoms with Crippen LogP contribution in [0.25, 0.3) is 0 Å². The second-order valence-corrected chi connectivity index (χ2v) is 5.80. The first kappa shape index (κ1) is 12.9. The van der Waals surface area contributed by atoms with Gasteiger partial charge in [0.05, 0.1) is 0 Å². The van der Waals surface area contributed by atoms with Gasteiger partial charge in [-0.15, -0.1) is 0 Å². The first-order chi connectivity index (χ1) is 6.99. The van der Waals surface area contributed by atoms with E-state index in [-0.39, 0.29) is 12.1 Å². The van der Waals surface area contributed by atoms with Gasteiger partial charge in [0.2, 0.25) is 0 Å². The van der Waals surface area contributed by atoms with E-state index < -0.39 is 10.2 Å². The zero-order valence-electron chi connectivity index (χ0n) is 9.41. The molecule has 0 radical (unpaired) electrons. The van der Waals surface area contributed by atoms with Gasteiger partial charge in [0.25, 0.3) is 10.2 Å². The highest BCUT2D eigenvalue weighted by molar-refractivity contribution is 7.87. The molecule has 1 saturated heterocycles. The maximum absolute atomic E-state index is 11.4. The first-order valence-electron chi connectivity index (χ1n) is 5.50. The molecule has 90 valence electrons. The van der Waals surface area contributed by atoms with Crippen molar-refractivity contribution in [2.45, 2.75) is 45.2 Å². The molecule has 0 saturated carbocycles. The zero-order chi connectivity index (χ0) is 11.3. The predicted octanol–water partition coefficient (Wildman–Crippen LogP) is -0.0391. The summed E-state index contributed by atoms with van der Waals surface area (Å²) in [4.78, 5) is 0. The van der Waals surface area contributed by atoms with E-state index in [1.54, 1.807) is 13.8 Å². The average Bonchev–Trinajstić information content (AvgIpc) is 2.15. The Hall–Kier alpha value is -0.170. The molecule has 0 bridgehead atoms. The molecule has 15 heavy (non-hydrogen) atoms. The van der Waals surface area contributed by atoms with Crippen molar-refractivity contribution in [2.75, 3.05) is 13.1 Å². The Kier molecular flexibility index (Phi) is 4.98. The van der Waals surface area contributed by atoms with Crippen LogP contribution in [0.15, 0.2) is 0 Å². The Bertz CT molecular complexity index is 271. The summed E-state index contributed by atoms with van der Waals surface area (Å²) in [6.07, 6.45) is 3.41. The van der Waals surface area contributed by atoms with Gasteiger partial charge < -0.3 is 5.32 Å². The molecule has 1 aliphatic rings. The second-order valence-electron chi connectivity index (χ2n) is 4.27. The number of hydrogen-bond donors (Lipinski definition) is 3. The van der Waals surface area contributed by atoms with E-state index in [1.165, 1.54) is 12.8 Å². The first-order valence-corrected chi connectivity index (χ1v) is 6.98. The minimum absolute atomic E-state index is 0.0678. The molecule has 1 rings (SSSR count). The summed E-state index contributed by atoms with van der Waals surface area (Å²) in [5.74, 6) is 0. The van der Waals surface area contributed by atoms with Crippen molar-refractivity contribution < 1.29 is 8.42 Å². The molecule has 1 aliphatic heterocycles. The summed E-state index contributed by atoms with van der Waals surface area (Å²) in [5, 5.41) is 3.29. The molecule has 5 nitrogen and oxygen atoms in total.